The van der Waals surface area contributed by atoms with Crippen LogP contribution in [0.4, 0.5) is 11.9 Å². The molecule has 0 spiro atoms. The van der Waals surface area contributed by atoms with Gasteiger partial charge in [0.25, 0.3) is 0 Å². The Morgan fingerprint density at radius 1 is 1.35 bits per heavy atom. The third-order valence-corrected chi connectivity index (χ3v) is 3.38. The first-order chi connectivity index (χ1) is 9.80. The van der Waals surface area contributed by atoms with Crippen molar-refractivity contribution in [2.75, 3.05) is 10.7 Å². The van der Waals surface area contributed by atoms with Crippen LogP contribution >= 0.6 is 0 Å². The second-order valence-corrected chi connectivity index (χ2v) is 4.93. The summed E-state index contributed by atoms with van der Waals surface area (Å²) in [5.41, 5.74) is 2.46. The van der Waals surface area contributed by atoms with E-state index in [4.69, 9.17) is 5.84 Å². The van der Waals surface area contributed by atoms with E-state index in [1.54, 1.807) is 23.3 Å². The molecule has 1 saturated carbocycles. The molecule has 0 aliphatic heterocycles. The Labute approximate surface area is 116 Å². The lowest BCUT2D eigenvalue weighted by molar-refractivity contribution is 0.690. The molecule has 1 aliphatic carbocycles. The van der Waals surface area contributed by atoms with E-state index in [0.717, 1.165) is 5.92 Å². The minimum atomic E-state index is 0.332. The molecule has 4 N–H and O–H groups in total. The molecular weight excluding hydrogens is 256 g/mol. The van der Waals surface area contributed by atoms with E-state index in [1.165, 1.54) is 19.3 Å². The molecule has 1 aliphatic rings. The van der Waals surface area contributed by atoms with Gasteiger partial charge < -0.3 is 5.32 Å². The minimum absolute atomic E-state index is 0.332. The van der Waals surface area contributed by atoms with Crippen molar-refractivity contribution in [3.8, 4) is 5.95 Å². The summed E-state index contributed by atoms with van der Waals surface area (Å²) >= 11 is 0. The summed E-state index contributed by atoms with van der Waals surface area (Å²) in [6, 6.07) is 0.457. The second kappa shape index (κ2) is 5.41. The van der Waals surface area contributed by atoms with Crippen LogP contribution in [0.1, 0.15) is 26.2 Å². The first kappa shape index (κ1) is 12.8. The first-order valence-corrected chi connectivity index (χ1v) is 6.77. The number of nitrogens with one attached hydrogen (secondary N) is 2. The lowest BCUT2D eigenvalue weighted by Crippen LogP contribution is -2.16. The predicted octanol–water partition coefficient (Wildman–Crippen LogP) is 0.943. The summed E-state index contributed by atoms with van der Waals surface area (Å²) < 4.78 is 1.71. The van der Waals surface area contributed by atoms with Crippen LogP contribution < -0.4 is 16.6 Å². The summed E-state index contributed by atoms with van der Waals surface area (Å²) in [5.74, 6) is 7.49. The van der Waals surface area contributed by atoms with Gasteiger partial charge in [0, 0.05) is 18.4 Å². The van der Waals surface area contributed by atoms with E-state index in [-0.39, 0.29) is 0 Å². The Morgan fingerprint density at radius 2 is 2.20 bits per heavy atom. The van der Waals surface area contributed by atoms with Crippen LogP contribution in [0.25, 0.3) is 5.95 Å². The normalized spacial score (nSPS) is 20.7. The number of imidazole rings is 1. The molecule has 3 rings (SSSR count). The number of anilines is 2. The van der Waals surface area contributed by atoms with Crippen molar-refractivity contribution in [3.05, 3.63) is 18.7 Å². The molecular formula is C12H18N8. The number of rotatable bonds is 6. The molecule has 0 amide bonds. The van der Waals surface area contributed by atoms with Crippen molar-refractivity contribution in [1.29, 1.82) is 0 Å². The molecule has 2 aromatic rings. The highest BCUT2D eigenvalue weighted by Gasteiger charge is 2.36. The second-order valence-electron chi connectivity index (χ2n) is 4.93. The van der Waals surface area contributed by atoms with Gasteiger partial charge in [0.2, 0.25) is 17.8 Å². The van der Waals surface area contributed by atoms with Crippen molar-refractivity contribution < 1.29 is 0 Å². The predicted molar refractivity (Wildman–Crippen MR) is 75.2 cm³/mol. The van der Waals surface area contributed by atoms with Crippen molar-refractivity contribution in [3.63, 3.8) is 0 Å². The number of aromatic nitrogens is 5. The van der Waals surface area contributed by atoms with Gasteiger partial charge in [-0.15, -0.1) is 0 Å². The quantitative estimate of drug-likeness (QED) is 0.531. The van der Waals surface area contributed by atoms with Crippen LogP contribution in [0, 0.1) is 5.92 Å². The highest BCUT2D eigenvalue weighted by molar-refractivity contribution is 5.39. The van der Waals surface area contributed by atoms with Crippen LogP contribution in [0.15, 0.2) is 18.7 Å². The number of hydrogen-bond acceptors (Lipinski definition) is 7. The smallest absolute Gasteiger partial charge is 0.243 e. The van der Waals surface area contributed by atoms with E-state index in [0.29, 0.717) is 23.9 Å². The van der Waals surface area contributed by atoms with Gasteiger partial charge in [-0.3, -0.25) is 9.99 Å². The van der Waals surface area contributed by atoms with Gasteiger partial charge in [0.1, 0.15) is 6.33 Å². The fraction of sp³-hybridized carbons (Fsp3) is 0.500. The summed E-state index contributed by atoms with van der Waals surface area (Å²) in [7, 11) is 0. The molecule has 1 fully saturated rings. The maximum absolute atomic E-state index is 5.41. The average Bonchev–Trinajstić information content (AvgIpc) is 2.97. The van der Waals surface area contributed by atoms with E-state index in [9.17, 15) is 0 Å². The molecule has 0 saturated heterocycles. The zero-order chi connectivity index (χ0) is 13.9. The largest absolute Gasteiger partial charge is 0.351 e. The Hall–Kier alpha value is -2.22. The Bertz CT molecular complexity index is 567. The van der Waals surface area contributed by atoms with Gasteiger partial charge >= 0.3 is 0 Å². The first-order valence-electron chi connectivity index (χ1n) is 6.77. The number of nitrogens with two attached hydrogens (primary N) is 1. The zero-order valence-electron chi connectivity index (χ0n) is 11.3. The standard InChI is InChI=1S/C12H18N8/c1-2-3-8-6-9(8)15-10-16-11(19-13)18-12(17-10)20-5-4-14-7-20/h4-5,7-9H,2-3,6,13H2,1H3,(H2,15,16,17,18,19). The summed E-state index contributed by atoms with van der Waals surface area (Å²) in [6.45, 7) is 2.20. The van der Waals surface area contributed by atoms with Crippen LogP contribution in [0.2, 0.25) is 0 Å². The molecule has 8 heteroatoms. The van der Waals surface area contributed by atoms with Crippen LogP contribution in [0.3, 0.4) is 0 Å². The Kier molecular flexibility index (Phi) is 3.46. The van der Waals surface area contributed by atoms with E-state index in [1.807, 2.05) is 0 Å². The van der Waals surface area contributed by atoms with Crippen LogP contribution in [-0.4, -0.2) is 30.5 Å². The molecule has 8 nitrogen and oxygen atoms in total. The number of nitrogen functional groups attached to an aromatic ring is 1. The lowest BCUT2D eigenvalue weighted by atomic mass is 10.2. The van der Waals surface area contributed by atoms with Gasteiger partial charge in [-0.25, -0.2) is 10.8 Å². The fourth-order valence-electron chi connectivity index (χ4n) is 2.27. The van der Waals surface area contributed by atoms with E-state index < -0.39 is 0 Å². The van der Waals surface area contributed by atoms with Gasteiger partial charge in [0.05, 0.1) is 0 Å². The average molecular weight is 274 g/mol. The summed E-state index contributed by atoms with van der Waals surface area (Å²) in [6.07, 6.45) is 8.69. The number of hydrogen-bond donors (Lipinski definition) is 3. The maximum atomic E-state index is 5.41. The highest BCUT2D eigenvalue weighted by atomic mass is 15.4. The summed E-state index contributed by atoms with van der Waals surface area (Å²) in [5, 5.41) is 3.34. The zero-order valence-corrected chi connectivity index (χ0v) is 11.3. The monoisotopic (exact) mass is 274 g/mol. The molecule has 2 heterocycles. The van der Waals surface area contributed by atoms with Crippen molar-refractivity contribution >= 4 is 11.9 Å². The third-order valence-electron chi connectivity index (χ3n) is 3.38. The summed E-state index contributed by atoms with van der Waals surface area (Å²) in [4.78, 5) is 16.8. The lowest BCUT2D eigenvalue weighted by Gasteiger charge is -2.08. The van der Waals surface area contributed by atoms with Crippen molar-refractivity contribution in [1.82, 2.24) is 24.5 Å². The van der Waals surface area contributed by atoms with Crippen LogP contribution in [0.5, 0.6) is 0 Å². The van der Waals surface area contributed by atoms with Gasteiger partial charge in [0.15, 0.2) is 0 Å². The number of hydrazine groups is 1. The van der Waals surface area contributed by atoms with Crippen molar-refractivity contribution in [2.24, 2.45) is 11.8 Å². The SMILES string of the molecule is CCCC1CC1Nc1nc(NN)nc(-n2ccnc2)n1. The topological polar surface area (TPSA) is 107 Å². The molecule has 2 aromatic heterocycles. The fourth-order valence-corrected chi connectivity index (χ4v) is 2.27. The van der Waals surface area contributed by atoms with Gasteiger partial charge in [-0.2, -0.15) is 15.0 Å². The molecule has 2 atom stereocenters. The third kappa shape index (κ3) is 2.69. The number of nitrogens with zero attached hydrogens (tertiary/aromatic N) is 5. The minimum Gasteiger partial charge on any atom is -0.351 e. The van der Waals surface area contributed by atoms with E-state index >= 15 is 0 Å². The molecule has 0 bridgehead atoms. The van der Waals surface area contributed by atoms with Crippen molar-refractivity contribution in [2.45, 2.75) is 32.2 Å². The van der Waals surface area contributed by atoms with Gasteiger partial charge in [-0.1, -0.05) is 13.3 Å². The molecule has 20 heavy (non-hydrogen) atoms. The maximum Gasteiger partial charge on any atom is 0.243 e. The molecule has 106 valence electrons. The van der Waals surface area contributed by atoms with Gasteiger partial charge in [-0.05, 0) is 18.8 Å². The Balaban J connectivity index is 1.79. The van der Waals surface area contributed by atoms with E-state index in [2.05, 4.69) is 37.6 Å². The molecule has 0 radical (unpaired) electrons. The molecule has 0 aromatic carbocycles. The Morgan fingerprint density at radius 3 is 2.90 bits per heavy atom. The highest BCUT2D eigenvalue weighted by Crippen LogP contribution is 2.36. The van der Waals surface area contributed by atoms with Crippen LogP contribution in [-0.2, 0) is 0 Å². The molecule has 2 unspecified atom stereocenters.